The molecule has 0 fully saturated rings. The number of hydrogen-bond acceptors (Lipinski definition) is 5. The first-order chi connectivity index (χ1) is 10.1. The molecule has 0 atom stereocenters. The van der Waals surface area contributed by atoms with Crippen molar-refractivity contribution in [3.8, 4) is 11.5 Å². The van der Waals surface area contributed by atoms with Crippen molar-refractivity contribution >= 4 is 11.3 Å². The van der Waals surface area contributed by atoms with Gasteiger partial charge in [0.15, 0.2) is 0 Å². The first kappa shape index (κ1) is 15.8. The van der Waals surface area contributed by atoms with Crippen LogP contribution in [0.25, 0.3) is 0 Å². The van der Waals surface area contributed by atoms with Crippen LogP contribution in [0, 0.1) is 0 Å². The van der Waals surface area contributed by atoms with Crippen molar-refractivity contribution in [3.05, 3.63) is 39.8 Å². The molecule has 0 spiro atoms. The zero-order chi connectivity index (χ0) is 15.2. The second-order valence-corrected chi connectivity index (χ2v) is 6.01. The van der Waals surface area contributed by atoms with Gasteiger partial charge in [0, 0.05) is 29.5 Å². The molecule has 114 valence electrons. The Hall–Kier alpha value is -1.59. The topological polar surface area (TPSA) is 43.4 Å². The van der Waals surface area contributed by atoms with Gasteiger partial charge in [0.05, 0.1) is 17.8 Å². The molecule has 0 saturated heterocycles. The van der Waals surface area contributed by atoms with Crippen molar-refractivity contribution in [2.75, 3.05) is 14.2 Å². The molecule has 1 aromatic carbocycles. The Morgan fingerprint density at radius 2 is 2.14 bits per heavy atom. The van der Waals surface area contributed by atoms with Crippen LogP contribution in [0.3, 0.4) is 0 Å². The predicted molar refractivity (Wildman–Crippen MR) is 86.3 cm³/mol. The smallest absolute Gasteiger partial charge is 0.131 e. The molecule has 1 aromatic heterocycles. The number of hydrogen-bond donors (Lipinski definition) is 1. The summed E-state index contributed by atoms with van der Waals surface area (Å²) in [5.74, 6) is 2.09. The van der Waals surface area contributed by atoms with Gasteiger partial charge >= 0.3 is 0 Å². The fourth-order valence-electron chi connectivity index (χ4n) is 1.94. The minimum absolute atomic E-state index is 0.459. The minimum atomic E-state index is 0.459. The van der Waals surface area contributed by atoms with Gasteiger partial charge in [0.2, 0.25) is 0 Å². The van der Waals surface area contributed by atoms with Gasteiger partial charge in [-0.1, -0.05) is 19.9 Å². The molecule has 0 aliphatic heterocycles. The van der Waals surface area contributed by atoms with Crippen LogP contribution in [-0.2, 0) is 13.2 Å². The number of rotatable bonds is 7. The highest BCUT2D eigenvalue weighted by atomic mass is 32.1. The predicted octanol–water partition coefficient (Wildman–Crippen LogP) is 3.57. The summed E-state index contributed by atoms with van der Waals surface area (Å²) in [7, 11) is 3.58. The zero-order valence-corrected chi connectivity index (χ0v) is 13.8. The monoisotopic (exact) mass is 306 g/mol. The zero-order valence-electron chi connectivity index (χ0n) is 13.0. The quantitative estimate of drug-likeness (QED) is 0.849. The third-order valence-electron chi connectivity index (χ3n) is 3.08. The normalized spacial score (nSPS) is 10.9. The maximum atomic E-state index is 5.94. The van der Waals surface area contributed by atoms with Crippen LogP contribution in [0.1, 0.15) is 36.0 Å². The molecule has 5 heteroatoms. The summed E-state index contributed by atoms with van der Waals surface area (Å²) < 4.78 is 11.2. The second kappa shape index (κ2) is 7.43. The maximum Gasteiger partial charge on any atom is 0.131 e. The number of nitrogens with one attached hydrogen (secondary N) is 1. The number of thiazole rings is 1. The molecular formula is C16H22N2O2S. The summed E-state index contributed by atoms with van der Waals surface area (Å²) in [4.78, 5) is 4.59. The molecule has 0 aliphatic rings. The number of nitrogens with zero attached hydrogens (tertiary/aromatic N) is 1. The lowest BCUT2D eigenvalue weighted by Crippen LogP contribution is -2.08. The molecule has 1 heterocycles. The maximum absolute atomic E-state index is 5.94. The van der Waals surface area contributed by atoms with E-state index < -0.39 is 0 Å². The van der Waals surface area contributed by atoms with Crippen molar-refractivity contribution in [2.24, 2.45) is 0 Å². The lowest BCUT2D eigenvalue weighted by atomic mass is 10.2. The van der Waals surface area contributed by atoms with Crippen LogP contribution < -0.4 is 14.8 Å². The van der Waals surface area contributed by atoms with Crippen molar-refractivity contribution in [2.45, 2.75) is 32.9 Å². The van der Waals surface area contributed by atoms with E-state index in [4.69, 9.17) is 9.47 Å². The van der Waals surface area contributed by atoms with Crippen LogP contribution in [0.5, 0.6) is 11.5 Å². The molecule has 21 heavy (non-hydrogen) atoms. The standard InChI is InChI=1S/C16H22N2O2S/c1-11(2)16-18-13(10-21-16)9-20-15-7-14(19-4)6-5-12(15)8-17-3/h5-7,10-11,17H,8-9H2,1-4H3. The Morgan fingerprint density at radius 1 is 1.33 bits per heavy atom. The summed E-state index contributed by atoms with van der Waals surface area (Å²) in [5.41, 5.74) is 2.08. The highest BCUT2D eigenvalue weighted by molar-refractivity contribution is 7.09. The first-order valence-corrected chi connectivity index (χ1v) is 7.90. The molecule has 0 bridgehead atoms. The lowest BCUT2D eigenvalue weighted by Gasteiger charge is -2.12. The van der Waals surface area contributed by atoms with Crippen LogP contribution in [-0.4, -0.2) is 19.1 Å². The molecule has 2 aromatic rings. The van der Waals surface area contributed by atoms with E-state index in [2.05, 4.69) is 29.5 Å². The van der Waals surface area contributed by atoms with E-state index in [9.17, 15) is 0 Å². The van der Waals surface area contributed by atoms with Crippen LogP contribution >= 0.6 is 11.3 Å². The largest absolute Gasteiger partial charge is 0.497 e. The van der Waals surface area contributed by atoms with Gasteiger partial charge in [-0.25, -0.2) is 4.98 Å². The van der Waals surface area contributed by atoms with Gasteiger partial charge < -0.3 is 14.8 Å². The Balaban J connectivity index is 2.09. The summed E-state index contributed by atoms with van der Waals surface area (Å²) >= 11 is 1.69. The summed E-state index contributed by atoms with van der Waals surface area (Å²) in [5, 5.41) is 6.36. The Bertz CT molecular complexity index is 581. The molecule has 0 saturated carbocycles. The van der Waals surface area contributed by atoms with E-state index in [-0.39, 0.29) is 0 Å². The third-order valence-corrected chi connectivity index (χ3v) is 4.27. The van der Waals surface area contributed by atoms with Crippen molar-refractivity contribution in [3.63, 3.8) is 0 Å². The van der Waals surface area contributed by atoms with Crippen molar-refractivity contribution in [1.82, 2.24) is 10.3 Å². The first-order valence-electron chi connectivity index (χ1n) is 7.02. The van der Waals surface area contributed by atoms with Crippen LogP contribution in [0.15, 0.2) is 23.6 Å². The van der Waals surface area contributed by atoms with Gasteiger partial charge in [0.1, 0.15) is 18.1 Å². The fourth-order valence-corrected chi connectivity index (χ4v) is 2.76. The van der Waals surface area contributed by atoms with E-state index in [1.54, 1.807) is 18.4 Å². The molecule has 0 amide bonds. The van der Waals surface area contributed by atoms with Gasteiger partial charge in [-0.15, -0.1) is 11.3 Å². The van der Waals surface area contributed by atoms with E-state index in [0.717, 1.165) is 34.3 Å². The highest BCUT2D eigenvalue weighted by Gasteiger charge is 2.09. The highest BCUT2D eigenvalue weighted by Crippen LogP contribution is 2.26. The Labute approximate surface area is 130 Å². The van der Waals surface area contributed by atoms with Gasteiger partial charge in [-0.2, -0.15) is 0 Å². The molecule has 0 unspecified atom stereocenters. The van der Waals surface area contributed by atoms with E-state index in [0.29, 0.717) is 12.5 Å². The molecule has 0 radical (unpaired) electrons. The summed E-state index contributed by atoms with van der Waals surface area (Å²) in [6, 6.07) is 5.88. The molecule has 2 rings (SSSR count). The Morgan fingerprint density at radius 3 is 2.76 bits per heavy atom. The van der Waals surface area contributed by atoms with Crippen molar-refractivity contribution < 1.29 is 9.47 Å². The van der Waals surface area contributed by atoms with Gasteiger partial charge in [-0.05, 0) is 13.1 Å². The van der Waals surface area contributed by atoms with E-state index in [1.807, 2.05) is 25.2 Å². The fraction of sp³-hybridized carbons (Fsp3) is 0.438. The number of methoxy groups -OCH3 is 1. The van der Waals surface area contributed by atoms with Crippen molar-refractivity contribution in [1.29, 1.82) is 0 Å². The van der Waals surface area contributed by atoms with E-state index in [1.165, 1.54) is 0 Å². The summed E-state index contributed by atoms with van der Waals surface area (Å²) in [6.07, 6.45) is 0. The molecule has 1 N–H and O–H groups in total. The van der Waals surface area contributed by atoms with Crippen LogP contribution in [0.2, 0.25) is 0 Å². The summed E-state index contributed by atoms with van der Waals surface area (Å²) in [6.45, 7) is 5.54. The Kier molecular flexibility index (Phi) is 5.59. The number of ether oxygens (including phenoxy) is 2. The second-order valence-electron chi connectivity index (χ2n) is 5.12. The van der Waals surface area contributed by atoms with Gasteiger partial charge in [-0.3, -0.25) is 0 Å². The van der Waals surface area contributed by atoms with E-state index >= 15 is 0 Å². The molecule has 0 aliphatic carbocycles. The lowest BCUT2D eigenvalue weighted by molar-refractivity contribution is 0.295. The van der Waals surface area contributed by atoms with Crippen LogP contribution in [0.4, 0.5) is 0 Å². The number of benzene rings is 1. The third kappa shape index (κ3) is 4.19. The van der Waals surface area contributed by atoms with Gasteiger partial charge in [0.25, 0.3) is 0 Å². The number of aromatic nitrogens is 1. The average molecular weight is 306 g/mol. The molecular weight excluding hydrogens is 284 g/mol. The minimum Gasteiger partial charge on any atom is -0.497 e. The SMILES string of the molecule is CNCc1ccc(OC)cc1OCc1csc(C(C)C)n1. The average Bonchev–Trinajstić information content (AvgIpc) is 2.95. The molecule has 4 nitrogen and oxygen atoms in total.